The van der Waals surface area contributed by atoms with Gasteiger partial charge >= 0.3 is 0 Å². The van der Waals surface area contributed by atoms with Gasteiger partial charge in [-0.1, -0.05) is 23.7 Å². The monoisotopic (exact) mass is 394 g/mol. The van der Waals surface area contributed by atoms with E-state index in [0.29, 0.717) is 22.0 Å². The molecule has 0 fully saturated rings. The Morgan fingerprint density at radius 3 is 2.23 bits per heavy atom. The predicted molar refractivity (Wildman–Crippen MR) is 108 cm³/mol. The van der Waals surface area contributed by atoms with E-state index in [4.69, 9.17) is 11.6 Å². The van der Waals surface area contributed by atoms with Gasteiger partial charge in [0, 0.05) is 10.7 Å². The fourth-order valence-electron chi connectivity index (χ4n) is 2.67. The third-order valence-corrected chi connectivity index (χ3v) is 5.73. The molecule has 0 aliphatic carbocycles. The lowest BCUT2D eigenvalue weighted by atomic mass is 10.1. The number of amides is 1. The molecule has 140 valence electrons. The fraction of sp³-hybridized carbons (Fsp3) is 0.316. The molecule has 0 heterocycles. The van der Waals surface area contributed by atoms with Gasteiger partial charge in [-0.05, 0) is 68.7 Å². The molecule has 0 bridgehead atoms. The van der Waals surface area contributed by atoms with E-state index in [1.165, 1.54) is 0 Å². The first-order chi connectivity index (χ1) is 12.0. The van der Waals surface area contributed by atoms with Crippen molar-refractivity contribution >= 4 is 38.9 Å². The van der Waals surface area contributed by atoms with Crippen LogP contribution in [0.4, 0.5) is 11.4 Å². The Bertz CT molecular complexity index is 942. The summed E-state index contributed by atoms with van der Waals surface area (Å²) >= 11 is 6.04. The Kier molecular flexibility index (Phi) is 5.98. The second-order valence-electron chi connectivity index (χ2n) is 6.45. The Balaban J connectivity index is 2.37. The normalized spacial score (nSPS) is 12.5. The van der Waals surface area contributed by atoms with Gasteiger partial charge in [0.05, 0.1) is 11.9 Å². The first-order valence-electron chi connectivity index (χ1n) is 8.14. The van der Waals surface area contributed by atoms with Crippen molar-refractivity contribution in [3.05, 3.63) is 58.1 Å². The van der Waals surface area contributed by atoms with Gasteiger partial charge in [-0.3, -0.25) is 9.10 Å². The molecule has 2 rings (SSSR count). The van der Waals surface area contributed by atoms with Crippen molar-refractivity contribution in [2.45, 2.75) is 33.7 Å². The van der Waals surface area contributed by atoms with E-state index < -0.39 is 22.0 Å². The van der Waals surface area contributed by atoms with Crippen LogP contribution in [0, 0.1) is 20.8 Å². The zero-order valence-corrected chi connectivity index (χ0v) is 17.1. The number of hydrogen-bond acceptors (Lipinski definition) is 3. The van der Waals surface area contributed by atoms with E-state index in [2.05, 4.69) is 5.32 Å². The number of nitrogens with zero attached hydrogens (tertiary/aromatic N) is 1. The maximum absolute atomic E-state index is 12.7. The van der Waals surface area contributed by atoms with Crippen molar-refractivity contribution < 1.29 is 13.2 Å². The average molecular weight is 395 g/mol. The molecule has 1 atom stereocenters. The van der Waals surface area contributed by atoms with E-state index in [-0.39, 0.29) is 0 Å². The van der Waals surface area contributed by atoms with Crippen molar-refractivity contribution in [2.75, 3.05) is 15.9 Å². The molecule has 0 aromatic heterocycles. The largest absolute Gasteiger partial charge is 0.324 e. The summed E-state index contributed by atoms with van der Waals surface area (Å²) in [6, 6.07) is 9.58. The highest BCUT2D eigenvalue weighted by molar-refractivity contribution is 7.92. The zero-order chi connectivity index (χ0) is 19.6. The second-order valence-corrected chi connectivity index (χ2v) is 8.75. The molecule has 26 heavy (non-hydrogen) atoms. The van der Waals surface area contributed by atoms with Crippen LogP contribution >= 0.6 is 11.6 Å². The quantitative estimate of drug-likeness (QED) is 0.831. The smallest absolute Gasteiger partial charge is 0.247 e. The van der Waals surface area contributed by atoms with Crippen LogP contribution in [0.15, 0.2) is 36.4 Å². The van der Waals surface area contributed by atoms with Crippen LogP contribution < -0.4 is 9.62 Å². The predicted octanol–water partition coefficient (Wildman–Crippen LogP) is 4.06. The highest BCUT2D eigenvalue weighted by atomic mass is 35.5. The SMILES string of the molecule is Cc1ccc(NC(=O)[C@H](C)N(c2cc(Cl)ccc2C)S(C)(=O)=O)cc1C. The van der Waals surface area contributed by atoms with Crippen LogP contribution in [0.5, 0.6) is 0 Å². The van der Waals surface area contributed by atoms with E-state index in [1.54, 1.807) is 38.1 Å². The molecule has 1 amide bonds. The molecule has 2 aromatic carbocycles. The van der Waals surface area contributed by atoms with Crippen molar-refractivity contribution in [1.29, 1.82) is 0 Å². The van der Waals surface area contributed by atoms with Crippen LogP contribution in [0.3, 0.4) is 0 Å². The third-order valence-electron chi connectivity index (χ3n) is 4.27. The van der Waals surface area contributed by atoms with Gasteiger partial charge in [0.15, 0.2) is 0 Å². The number of hydrogen-bond donors (Lipinski definition) is 1. The van der Waals surface area contributed by atoms with Gasteiger partial charge in [-0.25, -0.2) is 8.42 Å². The van der Waals surface area contributed by atoms with E-state index >= 15 is 0 Å². The molecular weight excluding hydrogens is 372 g/mol. The second kappa shape index (κ2) is 7.68. The highest BCUT2D eigenvalue weighted by Gasteiger charge is 2.30. The first kappa shape index (κ1) is 20.3. The van der Waals surface area contributed by atoms with Crippen molar-refractivity contribution in [3.63, 3.8) is 0 Å². The molecule has 2 aromatic rings. The zero-order valence-electron chi connectivity index (χ0n) is 15.5. The fourth-order valence-corrected chi connectivity index (χ4v) is 4.06. The number of halogens is 1. The number of rotatable bonds is 5. The molecule has 1 N–H and O–H groups in total. The molecule has 0 aliphatic rings. The Morgan fingerprint density at radius 1 is 1.04 bits per heavy atom. The van der Waals surface area contributed by atoms with Crippen LogP contribution in [0.25, 0.3) is 0 Å². The molecule has 5 nitrogen and oxygen atoms in total. The summed E-state index contributed by atoms with van der Waals surface area (Å²) in [5.41, 5.74) is 3.89. The Labute approximate surface area is 160 Å². The van der Waals surface area contributed by atoms with E-state index in [1.807, 2.05) is 26.0 Å². The highest BCUT2D eigenvalue weighted by Crippen LogP contribution is 2.28. The van der Waals surface area contributed by atoms with Crippen LogP contribution in [-0.2, 0) is 14.8 Å². The van der Waals surface area contributed by atoms with Gasteiger partial charge in [0.1, 0.15) is 6.04 Å². The molecular formula is C19H23ClN2O3S. The molecule has 0 saturated heterocycles. The van der Waals surface area contributed by atoms with Crippen molar-refractivity contribution in [3.8, 4) is 0 Å². The molecule has 0 spiro atoms. The summed E-state index contributed by atoms with van der Waals surface area (Å²) in [5.74, 6) is -0.418. The molecule has 0 aliphatic heterocycles. The molecule has 0 saturated carbocycles. The standard InChI is InChI=1S/C19H23ClN2O3S/c1-12-7-9-17(10-14(12)3)21-19(23)15(4)22(26(5,24)25)18-11-16(20)8-6-13(18)2/h6-11,15H,1-5H3,(H,21,23)/t15-/m0/s1. The molecule has 0 radical (unpaired) electrons. The van der Waals surface area contributed by atoms with Crippen molar-refractivity contribution in [1.82, 2.24) is 0 Å². The van der Waals surface area contributed by atoms with Crippen LogP contribution in [0.1, 0.15) is 23.6 Å². The summed E-state index contributed by atoms with van der Waals surface area (Å²) in [4.78, 5) is 12.7. The lowest BCUT2D eigenvalue weighted by Crippen LogP contribution is -2.45. The average Bonchev–Trinajstić information content (AvgIpc) is 2.53. The summed E-state index contributed by atoms with van der Waals surface area (Å²) in [6.07, 6.45) is 1.08. The van der Waals surface area contributed by atoms with Gasteiger partial charge in [-0.15, -0.1) is 0 Å². The van der Waals surface area contributed by atoms with Crippen LogP contribution in [-0.4, -0.2) is 26.6 Å². The third kappa shape index (κ3) is 4.56. The summed E-state index contributed by atoms with van der Waals surface area (Å²) in [5, 5.41) is 3.19. The van der Waals surface area contributed by atoms with Gasteiger partial charge < -0.3 is 5.32 Å². The summed E-state index contributed by atoms with van der Waals surface area (Å²) in [7, 11) is -3.69. The van der Waals surface area contributed by atoms with Gasteiger partial charge in [-0.2, -0.15) is 0 Å². The van der Waals surface area contributed by atoms with Gasteiger partial charge in [0.2, 0.25) is 15.9 Å². The number of aryl methyl sites for hydroxylation is 3. The number of anilines is 2. The molecule has 7 heteroatoms. The van der Waals surface area contributed by atoms with E-state index in [0.717, 1.165) is 21.7 Å². The number of carbonyl (C=O) groups is 1. The maximum Gasteiger partial charge on any atom is 0.247 e. The number of sulfonamides is 1. The van der Waals surface area contributed by atoms with E-state index in [9.17, 15) is 13.2 Å². The first-order valence-corrected chi connectivity index (χ1v) is 10.4. The maximum atomic E-state index is 12.7. The summed E-state index contributed by atoms with van der Waals surface area (Å²) < 4.78 is 25.9. The van der Waals surface area contributed by atoms with Crippen LogP contribution in [0.2, 0.25) is 5.02 Å². The summed E-state index contributed by atoms with van der Waals surface area (Å²) in [6.45, 7) is 7.26. The lowest BCUT2D eigenvalue weighted by Gasteiger charge is -2.29. The minimum Gasteiger partial charge on any atom is -0.324 e. The topological polar surface area (TPSA) is 66.5 Å². The minimum atomic E-state index is -3.69. The minimum absolute atomic E-state index is 0.391. The Hall–Kier alpha value is -2.05. The molecule has 0 unspecified atom stereocenters. The van der Waals surface area contributed by atoms with Crippen molar-refractivity contribution in [2.24, 2.45) is 0 Å². The number of carbonyl (C=O) groups excluding carboxylic acids is 1. The number of nitrogens with one attached hydrogen (secondary N) is 1. The lowest BCUT2D eigenvalue weighted by molar-refractivity contribution is -0.116. The Morgan fingerprint density at radius 2 is 1.65 bits per heavy atom. The van der Waals surface area contributed by atoms with Gasteiger partial charge in [0.25, 0.3) is 0 Å². The number of benzene rings is 2.